The molecule has 0 radical (unpaired) electrons. The van der Waals surface area contributed by atoms with E-state index in [1.165, 1.54) is 30.4 Å². The minimum Gasteiger partial charge on any atom is -0.508 e. The average Bonchev–Trinajstić information content (AvgIpc) is 3.01. The van der Waals surface area contributed by atoms with Gasteiger partial charge in [-0.1, -0.05) is 30.7 Å². The van der Waals surface area contributed by atoms with Crippen LogP contribution in [0.1, 0.15) is 41.5 Å². The Kier molecular flexibility index (Phi) is 2.32. The first kappa shape index (κ1) is 12.6. The maximum Gasteiger partial charge on any atom is 0.119 e. The van der Waals surface area contributed by atoms with Gasteiger partial charge in [0, 0.05) is 16.5 Å². The molecule has 0 unspecified atom stereocenters. The molecule has 5 rings (SSSR count). The maximum absolute atomic E-state index is 10.6. The first-order chi connectivity index (χ1) is 10.7. The van der Waals surface area contributed by atoms with E-state index in [1.807, 2.05) is 24.3 Å². The molecule has 2 atom stereocenters. The first-order valence-corrected chi connectivity index (χ1v) is 8.35. The predicted molar refractivity (Wildman–Crippen MR) is 85.2 cm³/mol. The molecule has 3 aliphatic rings. The van der Waals surface area contributed by atoms with Gasteiger partial charge >= 0.3 is 0 Å². The molecule has 112 valence electrons. The van der Waals surface area contributed by atoms with E-state index in [1.54, 1.807) is 0 Å². The molecule has 2 aromatic rings. The Morgan fingerprint density at radius 1 is 0.773 bits per heavy atom. The van der Waals surface area contributed by atoms with E-state index in [9.17, 15) is 10.2 Å². The summed E-state index contributed by atoms with van der Waals surface area (Å²) in [6, 6.07) is 11.9. The number of hydrogen-bond donors (Lipinski definition) is 2. The van der Waals surface area contributed by atoms with Gasteiger partial charge in [-0.15, -0.1) is 0 Å². The number of aromatic hydroxyl groups is 2. The smallest absolute Gasteiger partial charge is 0.119 e. The lowest BCUT2D eigenvalue weighted by Gasteiger charge is -2.43. The molecule has 3 aliphatic carbocycles. The zero-order valence-corrected chi connectivity index (χ0v) is 12.5. The summed E-state index contributed by atoms with van der Waals surface area (Å²) in [6.07, 6.45) is 5.72. The van der Waals surface area contributed by atoms with Gasteiger partial charge in [0.25, 0.3) is 0 Å². The second-order valence-corrected chi connectivity index (χ2v) is 7.22. The third kappa shape index (κ3) is 1.28. The van der Waals surface area contributed by atoms with Crippen LogP contribution in [0.15, 0.2) is 36.4 Å². The normalized spacial score (nSPS) is 31.3. The largest absolute Gasteiger partial charge is 0.508 e. The number of benzene rings is 2. The van der Waals surface area contributed by atoms with Crippen molar-refractivity contribution in [2.45, 2.75) is 37.5 Å². The molecule has 2 heteroatoms. The molecule has 2 N–H and O–H groups in total. The quantitative estimate of drug-likeness (QED) is 0.773. The fraction of sp³-hybridized carbons (Fsp3) is 0.400. The molecule has 22 heavy (non-hydrogen) atoms. The van der Waals surface area contributed by atoms with Gasteiger partial charge in [0.1, 0.15) is 11.5 Å². The van der Waals surface area contributed by atoms with Gasteiger partial charge in [0.2, 0.25) is 0 Å². The second kappa shape index (κ2) is 4.07. The Hall–Kier alpha value is -1.96. The summed E-state index contributed by atoms with van der Waals surface area (Å²) < 4.78 is 0. The monoisotopic (exact) mass is 292 g/mol. The minimum atomic E-state index is -0.153. The van der Waals surface area contributed by atoms with Crippen molar-refractivity contribution in [1.82, 2.24) is 0 Å². The van der Waals surface area contributed by atoms with Gasteiger partial charge in [0.05, 0.1) is 0 Å². The Bertz CT molecular complexity index is 712. The van der Waals surface area contributed by atoms with Crippen LogP contribution in [-0.2, 0) is 18.3 Å². The van der Waals surface area contributed by atoms with Gasteiger partial charge < -0.3 is 10.2 Å². The fourth-order valence-electron chi connectivity index (χ4n) is 5.87. The Morgan fingerprint density at radius 2 is 1.27 bits per heavy atom. The Morgan fingerprint density at radius 3 is 1.77 bits per heavy atom. The molecular formula is C20H20O2. The molecule has 1 saturated carbocycles. The fourth-order valence-corrected chi connectivity index (χ4v) is 5.87. The van der Waals surface area contributed by atoms with Crippen molar-refractivity contribution in [3.63, 3.8) is 0 Å². The number of phenols is 2. The van der Waals surface area contributed by atoms with E-state index in [4.69, 9.17) is 0 Å². The van der Waals surface area contributed by atoms with Gasteiger partial charge in [0.15, 0.2) is 0 Å². The summed E-state index contributed by atoms with van der Waals surface area (Å²) in [5.41, 5.74) is 4.65. The molecule has 0 heterocycles. The molecule has 2 aromatic carbocycles. The van der Waals surface area contributed by atoms with Crippen LogP contribution in [0.2, 0.25) is 0 Å². The molecule has 1 fully saturated rings. The van der Waals surface area contributed by atoms with E-state index in [0.29, 0.717) is 23.3 Å². The van der Waals surface area contributed by atoms with Gasteiger partial charge in [-0.2, -0.15) is 0 Å². The average molecular weight is 292 g/mol. The van der Waals surface area contributed by atoms with Gasteiger partial charge in [-0.05, 0) is 60.8 Å². The van der Waals surface area contributed by atoms with Crippen molar-refractivity contribution in [3.8, 4) is 11.5 Å². The Labute approximate surface area is 130 Å². The highest BCUT2D eigenvalue weighted by Crippen LogP contribution is 2.65. The first-order valence-electron chi connectivity index (χ1n) is 8.35. The van der Waals surface area contributed by atoms with Crippen LogP contribution in [0.4, 0.5) is 0 Å². The Balaban J connectivity index is 1.89. The van der Waals surface area contributed by atoms with E-state index >= 15 is 0 Å². The van der Waals surface area contributed by atoms with Crippen LogP contribution in [0.25, 0.3) is 0 Å². The molecule has 0 saturated heterocycles. The van der Waals surface area contributed by atoms with E-state index in [2.05, 4.69) is 12.1 Å². The molecule has 2 nitrogen and oxygen atoms in total. The summed E-state index contributed by atoms with van der Waals surface area (Å²) in [7, 11) is 0. The van der Waals surface area contributed by atoms with Crippen LogP contribution < -0.4 is 0 Å². The molecule has 0 amide bonds. The van der Waals surface area contributed by atoms with E-state index in [0.717, 1.165) is 24.0 Å². The highest BCUT2D eigenvalue weighted by Gasteiger charge is 2.60. The number of rotatable bonds is 0. The standard InChI is InChI=1S/C20H20O2/c21-16-8-1-4-12-10-14-6-3-7-15-11-13-5-2-9-17(22)19(13)20(14,15)18(12)16/h1-2,4-5,8-9,14-15,21-22H,3,6-7,10-11H2/t14-,15-,20?/m0/s1. The minimum absolute atomic E-state index is 0.153. The van der Waals surface area contributed by atoms with Crippen molar-refractivity contribution in [3.05, 3.63) is 58.7 Å². The predicted octanol–water partition coefficient (Wildman–Crippen LogP) is 3.91. The third-order valence-electron chi connectivity index (χ3n) is 6.41. The van der Waals surface area contributed by atoms with Crippen LogP contribution >= 0.6 is 0 Å². The number of fused-ring (bicyclic) bond motifs is 2. The van der Waals surface area contributed by atoms with Crippen LogP contribution in [0, 0.1) is 11.8 Å². The third-order valence-corrected chi connectivity index (χ3v) is 6.41. The van der Waals surface area contributed by atoms with Gasteiger partial charge in [-0.3, -0.25) is 0 Å². The lowest BCUT2D eigenvalue weighted by molar-refractivity contribution is 0.170. The molecule has 0 bridgehead atoms. The number of hydrogen-bond acceptors (Lipinski definition) is 2. The van der Waals surface area contributed by atoms with Crippen LogP contribution in [0.3, 0.4) is 0 Å². The van der Waals surface area contributed by atoms with Crippen molar-refractivity contribution < 1.29 is 10.2 Å². The zero-order chi connectivity index (χ0) is 14.9. The van der Waals surface area contributed by atoms with Crippen molar-refractivity contribution in [1.29, 1.82) is 0 Å². The topological polar surface area (TPSA) is 40.5 Å². The molecule has 0 aromatic heterocycles. The highest BCUT2D eigenvalue weighted by atomic mass is 16.3. The summed E-state index contributed by atoms with van der Waals surface area (Å²) in [5, 5.41) is 21.3. The van der Waals surface area contributed by atoms with Crippen molar-refractivity contribution >= 4 is 0 Å². The van der Waals surface area contributed by atoms with Crippen molar-refractivity contribution in [2.75, 3.05) is 0 Å². The van der Waals surface area contributed by atoms with Crippen LogP contribution in [-0.4, -0.2) is 10.2 Å². The zero-order valence-electron chi connectivity index (χ0n) is 12.5. The van der Waals surface area contributed by atoms with E-state index < -0.39 is 0 Å². The number of phenolic OH excluding ortho intramolecular Hbond substituents is 2. The summed E-state index contributed by atoms with van der Waals surface area (Å²) >= 11 is 0. The maximum atomic E-state index is 10.6. The molecule has 0 aliphatic heterocycles. The molecular weight excluding hydrogens is 272 g/mol. The summed E-state index contributed by atoms with van der Waals surface area (Å²) in [6.45, 7) is 0. The van der Waals surface area contributed by atoms with Crippen molar-refractivity contribution in [2.24, 2.45) is 11.8 Å². The molecule has 1 spiro atoms. The van der Waals surface area contributed by atoms with Crippen LogP contribution in [0.5, 0.6) is 11.5 Å². The van der Waals surface area contributed by atoms with E-state index in [-0.39, 0.29) is 5.41 Å². The second-order valence-electron chi connectivity index (χ2n) is 7.22. The summed E-state index contributed by atoms with van der Waals surface area (Å²) in [5.74, 6) is 1.87. The highest BCUT2D eigenvalue weighted by molar-refractivity contribution is 5.64. The SMILES string of the molecule is Oc1cccc2c1C13c4c(O)cccc4C[C@@H]1CCC[C@H]3C2. The lowest BCUT2D eigenvalue weighted by Crippen LogP contribution is -2.41. The summed E-state index contributed by atoms with van der Waals surface area (Å²) in [4.78, 5) is 0. The van der Waals surface area contributed by atoms with Gasteiger partial charge in [-0.25, -0.2) is 0 Å². The lowest BCUT2D eigenvalue weighted by atomic mass is 9.59.